The van der Waals surface area contributed by atoms with Crippen molar-refractivity contribution in [3.63, 3.8) is 0 Å². The molecule has 24 heavy (non-hydrogen) atoms. The van der Waals surface area contributed by atoms with Crippen LogP contribution in [-0.4, -0.2) is 24.4 Å². The van der Waals surface area contributed by atoms with Gasteiger partial charge in [-0.1, -0.05) is 28.9 Å². The van der Waals surface area contributed by atoms with Gasteiger partial charge in [0, 0.05) is 5.56 Å². The number of hydrogen-bond donors (Lipinski definition) is 0. The van der Waals surface area contributed by atoms with Gasteiger partial charge in [0.05, 0.1) is 14.2 Å². The highest BCUT2D eigenvalue weighted by molar-refractivity contribution is 6.50. The second kappa shape index (κ2) is 7.19. The fourth-order valence-corrected chi connectivity index (χ4v) is 2.32. The molecule has 0 spiro atoms. The molecule has 1 heterocycles. The zero-order valence-electron chi connectivity index (χ0n) is 13.2. The maximum atomic E-state index is 6.29. The van der Waals surface area contributed by atoms with Crippen molar-refractivity contribution in [3.8, 4) is 22.9 Å². The molecule has 6 heteroatoms. The lowest BCUT2D eigenvalue weighted by Crippen LogP contribution is -1.85. The van der Waals surface area contributed by atoms with Crippen molar-refractivity contribution in [2.75, 3.05) is 14.2 Å². The zero-order chi connectivity index (χ0) is 16.9. The van der Waals surface area contributed by atoms with E-state index in [1.165, 1.54) is 0 Å². The fraction of sp³-hybridized carbons (Fsp3) is 0.111. The van der Waals surface area contributed by atoms with Gasteiger partial charge in [-0.3, -0.25) is 0 Å². The summed E-state index contributed by atoms with van der Waals surface area (Å²) in [5, 5.41) is 4.32. The number of aromatic nitrogens is 2. The number of rotatable bonds is 5. The summed E-state index contributed by atoms with van der Waals surface area (Å²) in [6, 6.07) is 14.9. The quantitative estimate of drug-likeness (QED) is 0.683. The Kier molecular flexibility index (Phi) is 4.82. The monoisotopic (exact) mass is 342 g/mol. The lowest BCUT2D eigenvalue weighted by atomic mass is 10.2. The standard InChI is InChI=1S/C18H15ClN2O3/c1-22-14-8-6-13(7-9-14)17-20-18(24-21-17)16(19)11-12-4-3-5-15(10-12)23-2/h3-11H,1-2H3/b16-11-. The Morgan fingerprint density at radius 3 is 2.50 bits per heavy atom. The molecule has 0 aliphatic heterocycles. The van der Waals surface area contributed by atoms with Gasteiger partial charge in [-0.25, -0.2) is 0 Å². The summed E-state index contributed by atoms with van der Waals surface area (Å²) >= 11 is 6.29. The molecule has 0 bridgehead atoms. The molecule has 1 aromatic heterocycles. The van der Waals surface area contributed by atoms with E-state index in [9.17, 15) is 0 Å². The van der Waals surface area contributed by atoms with Crippen LogP contribution in [0.15, 0.2) is 53.1 Å². The fourth-order valence-electron chi connectivity index (χ4n) is 2.12. The first-order chi connectivity index (χ1) is 11.7. The first-order valence-electron chi connectivity index (χ1n) is 7.19. The van der Waals surface area contributed by atoms with Gasteiger partial charge in [-0.15, -0.1) is 0 Å². The second-order valence-corrected chi connectivity index (χ2v) is 5.33. The third-order valence-corrected chi connectivity index (χ3v) is 3.64. The largest absolute Gasteiger partial charge is 0.497 e. The number of halogens is 1. The molecule has 0 radical (unpaired) electrons. The van der Waals surface area contributed by atoms with Crippen LogP contribution in [0.25, 0.3) is 22.5 Å². The molecule has 0 aliphatic carbocycles. The molecule has 0 saturated heterocycles. The summed E-state index contributed by atoms with van der Waals surface area (Å²) in [6.07, 6.45) is 1.75. The van der Waals surface area contributed by atoms with E-state index in [1.54, 1.807) is 20.3 Å². The summed E-state index contributed by atoms with van der Waals surface area (Å²) in [5.41, 5.74) is 1.69. The van der Waals surface area contributed by atoms with Crippen LogP contribution in [0.4, 0.5) is 0 Å². The second-order valence-electron chi connectivity index (χ2n) is 4.92. The van der Waals surface area contributed by atoms with Crippen molar-refractivity contribution in [1.29, 1.82) is 0 Å². The maximum absolute atomic E-state index is 6.29. The molecule has 0 N–H and O–H groups in total. The molecule has 0 unspecified atom stereocenters. The van der Waals surface area contributed by atoms with Gasteiger partial charge in [-0.2, -0.15) is 4.98 Å². The minimum atomic E-state index is 0.255. The summed E-state index contributed by atoms with van der Waals surface area (Å²) in [6.45, 7) is 0. The summed E-state index contributed by atoms with van der Waals surface area (Å²) < 4.78 is 15.6. The lowest BCUT2D eigenvalue weighted by Gasteiger charge is -2.00. The SMILES string of the molecule is COc1ccc(-c2noc(/C(Cl)=C/c3cccc(OC)c3)n2)cc1. The van der Waals surface area contributed by atoms with Gasteiger partial charge in [0.15, 0.2) is 0 Å². The third kappa shape index (κ3) is 3.58. The van der Waals surface area contributed by atoms with Gasteiger partial charge >= 0.3 is 0 Å². The Bertz CT molecular complexity index is 857. The molecule has 0 amide bonds. The molecule has 122 valence electrons. The van der Waals surface area contributed by atoms with Crippen LogP contribution in [0, 0.1) is 0 Å². The molecular formula is C18H15ClN2O3. The van der Waals surface area contributed by atoms with Gasteiger partial charge < -0.3 is 14.0 Å². The van der Waals surface area contributed by atoms with Crippen LogP contribution < -0.4 is 9.47 Å². The van der Waals surface area contributed by atoms with E-state index in [0.717, 1.165) is 22.6 Å². The van der Waals surface area contributed by atoms with Crippen LogP contribution in [0.1, 0.15) is 11.5 Å². The van der Waals surface area contributed by atoms with Crippen molar-refractivity contribution in [3.05, 3.63) is 60.0 Å². The Morgan fingerprint density at radius 2 is 1.79 bits per heavy atom. The highest BCUT2D eigenvalue weighted by atomic mass is 35.5. The number of nitrogens with zero attached hydrogens (tertiary/aromatic N) is 2. The summed E-state index contributed by atoms with van der Waals surface area (Å²) in [7, 11) is 3.23. The van der Waals surface area contributed by atoms with Crippen LogP contribution in [0.5, 0.6) is 11.5 Å². The van der Waals surface area contributed by atoms with Crippen LogP contribution in [0.2, 0.25) is 0 Å². The summed E-state index contributed by atoms with van der Waals surface area (Å²) in [5.74, 6) is 2.23. The van der Waals surface area contributed by atoms with Gasteiger partial charge in [0.1, 0.15) is 16.5 Å². The molecule has 5 nitrogen and oxygen atoms in total. The van der Waals surface area contributed by atoms with E-state index in [1.807, 2.05) is 48.5 Å². The predicted molar refractivity (Wildman–Crippen MR) is 93.0 cm³/mol. The first-order valence-corrected chi connectivity index (χ1v) is 7.57. The van der Waals surface area contributed by atoms with Gasteiger partial charge in [-0.05, 0) is 48.0 Å². The van der Waals surface area contributed by atoms with Crippen molar-refractivity contribution in [2.45, 2.75) is 0 Å². The van der Waals surface area contributed by atoms with Crippen LogP contribution in [0.3, 0.4) is 0 Å². The number of hydrogen-bond acceptors (Lipinski definition) is 5. The Morgan fingerprint density at radius 1 is 1.04 bits per heavy atom. The number of ether oxygens (including phenoxy) is 2. The number of benzene rings is 2. The lowest BCUT2D eigenvalue weighted by molar-refractivity contribution is 0.410. The molecule has 2 aromatic carbocycles. The van der Waals surface area contributed by atoms with Crippen molar-refractivity contribution in [1.82, 2.24) is 10.1 Å². The van der Waals surface area contributed by atoms with Crippen molar-refractivity contribution in [2.24, 2.45) is 0 Å². The zero-order valence-corrected chi connectivity index (χ0v) is 13.9. The molecular weight excluding hydrogens is 328 g/mol. The highest BCUT2D eigenvalue weighted by Gasteiger charge is 2.11. The molecule has 0 aliphatic rings. The molecule has 0 saturated carbocycles. The highest BCUT2D eigenvalue weighted by Crippen LogP contribution is 2.26. The van der Waals surface area contributed by atoms with Crippen LogP contribution >= 0.6 is 11.6 Å². The Balaban J connectivity index is 1.84. The third-order valence-electron chi connectivity index (χ3n) is 3.37. The average molecular weight is 343 g/mol. The normalized spacial score (nSPS) is 11.4. The minimum absolute atomic E-state index is 0.255. The van der Waals surface area contributed by atoms with Crippen molar-refractivity contribution >= 4 is 22.7 Å². The van der Waals surface area contributed by atoms with Gasteiger partial charge in [0.25, 0.3) is 5.89 Å². The smallest absolute Gasteiger partial charge is 0.269 e. The first kappa shape index (κ1) is 16.1. The molecule has 0 fully saturated rings. The topological polar surface area (TPSA) is 57.4 Å². The maximum Gasteiger partial charge on any atom is 0.269 e. The predicted octanol–water partition coefficient (Wildman–Crippen LogP) is 4.49. The van der Waals surface area contributed by atoms with Crippen molar-refractivity contribution < 1.29 is 14.0 Å². The summed E-state index contributed by atoms with van der Waals surface area (Å²) in [4.78, 5) is 4.32. The van der Waals surface area contributed by atoms with E-state index in [4.69, 9.17) is 25.6 Å². The minimum Gasteiger partial charge on any atom is -0.497 e. The molecule has 3 rings (SSSR count). The molecule has 3 aromatic rings. The van der Waals surface area contributed by atoms with E-state index < -0.39 is 0 Å². The van der Waals surface area contributed by atoms with Gasteiger partial charge in [0.2, 0.25) is 5.82 Å². The van der Waals surface area contributed by atoms with Crippen LogP contribution in [-0.2, 0) is 0 Å². The van der Waals surface area contributed by atoms with E-state index in [0.29, 0.717) is 10.9 Å². The Labute approximate surface area is 144 Å². The molecule has 0 atom stereocenters. The number of methoxy groups -OCH3 is 2. The van der Waals surface area contributed by atoms with E-state index in [-0.39, 0.29) is 5.89 Å². The Hall–Kier alpha value is -2.79. The van der Waals surface area contributed by atoms with E-state index in [2.05, 4.69) is 10.1 Å². The average Bonchev–Trinajstić information content (AvgIpc) is 3.12. The van der Waals surface area contributed by atoms with E-state index >= 15 is 0 Å².